The van der Waals surface area contributed by atoms with Crippen LogP contribution in [0.25, 0.3) is 0 Å². The molecule has 0 saturated carbocycles. The van der Waals surface area contributed by atoms with Gasteiger partial charge in [-0.25, -0.2) is 0 Å². The first-order valence-electron chi connectivity index (χ1n) is 4.12. The molecule has 0 amide bonds. The lowest BCUT2D eigenvalue weighted by Gasteiger charge is -2.16. The van der Waals surface area contributed by atoms with Crippen LogP contribution in [0.4, 0.5) is 0 Å². The lowest BCUT2D eigenvalue weighted by atomic mass is 9.96. The van der Waals surface area contributed by atoms with Gasteiger partial charge < -0.3 is 15.3 Å². The Kier molecular flexibility index (Phi) is 2.49. The minimum Gasteiger partial charge on any atom is -0.504 e. The molecule has 0 aliphatic rings. The fraction of sp³-hybridized carbons (Fsp3) is 0.300. The molecule has 14 heavy (non-hydrogen) atoms. The zero-order chi connectivity index (χ0) is 10.9. The topological polar surface area (TPSA) is 77.8 Å². The molecule has 0 radical (unpaired) electrons. The van der Waals surface area contributed by atoms with Crippen LogP contribution >= 0.6 is 0 Å². The van der Waals surface area contributed by atoms with Crippen molar-refractivity contribution in [1.82, 2.24) is 0 Å². The monoisotopic (exact) mass is 196 g/mol. The van der Waals surface area contributed by atoms with Crippen molar-refractivity contribution in [2.45, 2.75) is 19.4 Å². The molecule has 0 heterocycles. The molecule has 1 aromatic carbocycles. The summed E-state index contributed by atoms with van der Waals surface area (Å²) in [6.07, 6.45) is 0. The summed E-state index contributed by atoms with van der Waals surface area (Å²) in [7, 11) is 0. The van der Waals surface area contributed by atoms with Gasteiger partial charge in [-0.05, 0) is 26.0 Å². The normalized spacial score (nSPS) is 11.4. The van der Waals surface area contributed by atoms with Crippen molar-refractivity contribution in [3.05, 3.63) is 23.8 Å². The highest BCUT2D eigenvalue weighted by Gasteiger charge is 2.28. The maximum Gasteiger partial charge on any atom is 0.197 e. The number of aromatic hydroxyl groups is 2. The number of hydrogen-bond acceptors (Lipinski definition) is 4. The Bertz CT molecular complexity index is 363. The predicted octanol–water partition coefficient (Wildman–Crippen LogP) is 1.05. The van der Waals surface area contributed by atoms with Crippen LogP contribution in [0.2, 0.25) is 0 Å². The van der Waals surface area contributed by atoms with Gasteiger partial charge in [-0.15, -0.1) is 0 Å². The van der Waals surface area contributed by atoms with Crippen LogP contribution in [0.1, 0.15) is 24.2 Å². The lowest BCUT2D eigenvalue weighted by Crippen LogP contribution is -2.31. The summed E-state index contributed by atoms with van der Waals surface area (Å²) >= 11 is 0. The number of ketones is 1. The Morgan fingerprint density at radius 2 is 1.86 bits per heavy atom. The average molecular weight is 196 g/mol. The van der Waals surface area contributed by atoms with Gasteiger partial charge in [0.2, 0.25) is 0 Å². The Labute approximate surface area is 81.4 Å². The molecule has 0 aliphatic carbocycles. The molecule has 0 bridgehead atoms. The average Bonchev–Trinajstić information content (AvgIpc) is 2.07. The number of phenols is 2. The molecule has 0 saturated heterocycles. The number of para-hydroxylation sites is 1. The number of carbonyl (C=O) groups excluding carboxylic acids is 1. The third-order valence-electron chi connectivity index (χ3n) is 1.82. The van der Waals surface area contributed by atoms with Crippen LogP contribution in [0.5, 0.6) is 11.5 Å². The van der Waals surface area contributed by atoms with Gasteiger partial charge in [0.1, 0.15) is 5.60 Å². The van der Waals surface area contributed by atoms with E-state index in [1.54, 1.807) is 0 Å². The number of phenolic OH excluding ortho intramolecular Hbond substituents is 2. The summed E-state index contributed by atoms with van der Waals surface area (Å²) < 4.78 is 0. The Morgan fingerprint density at radius 3 is 2.36 bits per heavy atom. The molecule has 0 fully saturated rings. The standard InChI is InChI=1S/C10H12O4/c1-10(2,14)9(13)6-4-3-5-7(11)8(6)12/h3-5,11-12,14H,1-2H3. The summed E-state index contributed by atoms with van der Waals surface area (Å²) in [6, 6.07) is 4.03. The second kappa shape index (κ2) is 3.31. The van der Waals surface area contributed by atoms with Crippen molar-refractivity contribution in [3.8, 4) is 11.5 Å². The van der Waals surface area contributed by atoms with Crippen molar-refractivity contribution in [2.75, 3.05) is 0 Å². The predicted molar refractivity (Wildman–Crippen MR) is 50.4 cm³/mol. The van der Waals surface area contributed by atoms with Crippen molar-refractivity contribution >= 4 is 5.78 Å². The third-order valence-corrected chi connectivity index (χ3v) is 1.82. The van der Waals surface area contributed by atoms with Crippen molar-refractivity contribution in [1.29, 1.82) is 0 Å². The first kappa shape index (κ1) is 10.5. The van der Waals surface area contributed by atoms with Gasteiger partial charge in [0.05, 0.1) is 5.56 Å². The first-order valence-corrected chi connectivity index (χ1v) is 4.12. The molecule has 0 unspecified atom stereocenters. The minimum atomic E-state index is -1.56. The number of hydrogen-bond donors (Lipinski definition) is 3. The van der Waals surface area contributed by atoms with Gasteiger partial charge in [-0.2, -0.15) is 0 Å². The fourth-order valence-corrected chi connectivity index (χ4v) is 1.04. The van der Waals surface area contributed by atoms with Crippen molar-refractivity contribution in [3.63, 3.8) is 0 Å². The summed E-state index contributed by atoms with van der Waals surface area (Å²) in [6.45, 7) is 2.64. The maximum absolute atomic E-state index is 11.5. The van der Waals surface area contributed by atoms with E-state index in [4.69, 9.17) is 5.11 Å². The highest BCUT2D eigenvalue weighted by atomic mass is 16.3. The van der Waals surface area contributed by atoms with Crippen LogP contribution in [-0.2, 0) is 0 Å². The van der Waals surface area contributed by atoms with E-state index in [1.165, 1.54) is 32.0 Å². The van der Waals surface area contributed by atoms with Crippen LogP contribution in [-0.4, -0.2) is 26.7 Å². The Balaban J connectivity index is 3.21. The first-order chi connectivity index (χ1) is 6.34. The summed E-state index contributed by atoms with van der Waals surface area (Å²) in [5.74, 6) is -1.51. The lowest BCUT2D eigenvalue weighted by molar-refractivity contribution is 0.0484. The molecule has 4 nitrogen and oxygen atoms in total. The molecular weight excluding hydrogens is 184 g/mol. The quantitative estimate of drug-likeness (QED) is 0.488. The molecule has 1 rings (SSSR count). The second-order valence-corrected chi connectivity index (χ2v) is 3.56. The van der Waals surface area contributed by atoms with E-state index in [-0.39, 0.29) is 11.3 Å². The van der Waals surface area contributed by atoms with Gasteiger partial charge in [-0.3, -0.25) is 4.79 Å². The molecule has 76 valence electrons. The van der Waals surface area contributed by atoms with E-state index >= 15 is 0 Å². The zero-order valence-corrected chi connectivity index (χ0v) is 7.98. The van der Waals surface area contributed by atoms with Gasteiger partial charge in [0.15, 0.2) is 17.3 Å². The van der Waals surface area contributed by atoms with Gasteiger partial charge in [0, 0.05) is 0 Å². The summed E-state index contributed by atoms with van der Waals surface area (Å²) in [5, 5.41) is 27.9. The molecule has 0 aliphatic heterocycles. The number of rotatable bonds is 2. The summed E-state index contributed by atoms with van der Waals surface area (Å²) in [4.78, 5) is 11.5. The number of Topliss-reactive ketones (excluding diaryl/α,β-unsaturated/α-hetero) is 1. The molecular formula is C10H12O4. The van der Waals surface area contributed by atoms with Gasteiger partial charge in [0.25, 0.3) is 0 Å². The summed E-state index contributed by atoms with van der Waals surface area (Å²) in [5.41, 5.74) is -1.65. The van der Waals surface area contributed by atoms with E-state index in [2.05, 4.69) is 0 Å². The molecule has 4 heteroatoms. The van der Waals surface area contributed by atoms with Crippen molar-refractivity contribution in [2.24, 2.45) is 0 Å². The molecule has 0 aromatic heterocycles. The molecule has 3 N–H and O–H groups in total. The van der Waals surface area contributed by atoms with E-state index in [1.807, 2.05) is 0 Å². The smallest absolute Gasteiger partial charge is 0.197 e. The SMILES string of the molecule is CC(C)(O)C(=O)c1cccc(O)c1O. The fourth-order valence-electron chi connectivity index (χ4n) is 1.04. The third kappa shape index (κ3) is 1.85. The maximum atomic E-state index is 11.5. The largest absolute Gasteiger partial charge is 0.504 e. The van der Waals surface area contributed by atoms with Crippen LogP contribution < -0.4 is 0 Å². The van der Waals surface area contributed by atoms with E-state index in [0.717, 1.165) is 0 Å². The zero-order valence-electron chi connectivity index (χ0n) is 7.98. The van der Waals surface area contributed by atoms with E-state index in [0.29, 0.717) is 0 Å². The van der Waals surface area contributed by atoms with Crippen LogP contribution in [0.3, 0.4) is 0 Å². The van der Waals surface area contributed by atoms with Gasteiger partial charge >= 0.3 is 0 Å². The molecule has 0 atom stereocenters. The highest BCUT2D eigenvalue weighted by molar-refractivity contribution is 6.04. The highest BCUT2D eigenvalue weighted by Crippen LogP contribution is 2.30. The number of benzene rings is 1. The second-order valence-electron chi connectivity index (χ2n) is 3.56. The molecule has 1 aromatic rings. The van der Waals surface area contributed by atoms with Crippen LogP contribution in [0.15, 0.2) is 18.2 Å². The van der Waals surface area contributed by atoms with Crippen molar-refractivity contribution < 1.29 is 20.1 Å². The minimum absolute atomic E-state index is 0.0856. The van der Waals surface area contributed by atoms with Gasteiger partial charge in [-0.1, -0.05) is 6.07 Å². The Hall–Kier alpha value is -1.55. The number of carbonyl (C=O) groups is 1. The number of aliphatic hydroxyl groups is 1. The van der Waals surface area contributed by atoms with E-state index in [9.17, 15) is 15.0 Å². The van der Waals surface area contributed by atoms with Crippen LogP contribution in [0, 0.1) is 0 Å². The molecule has 0 spiro atoms. The van der Waals surface area contributed by atoms with E-state index < -0.39 is 17.1 Å². The Morgan fingerprint density at radius 1 is 1.29 bits per heavy atom.